The highest BCUT2D eigenvalue weighted by atomic mass is 16.6. The summed E-state index contributed by atoms with van der Waals surface area (Å²) in [5, 5.41) is 19.4. The Morgan fingerprint density at radius 2 is 2.23 bits per heavy atom. The molecule has 0 N–H and O–H groups in total. The van der Waals surface area contributed by atoms with Crippen LogP contribution < -0.4 is 0 Å². The van der Waals surface area contributed by atoms with Crippen LogP contribution in [-0.4, -0.2) is 38.4 Å². The quantitative estimate of drug-likeness (QED) is 0.538. The van der Waals surface area contributed by atoms with Crippen molar-refractivity contribution in [1.82, 2.24) is 14.5 Å². The number of hydrogen-bond acceptors (Lipinski definition) is 5. The number of aryl methyl sites for hydroxylation is 1. The number of hydrogen-bond donors (Lipinski definition) is 0. The van der Waals surface area contributed by atoms with Gasteiger partial charge in [-0.3, -0.25) is 9.36 Å². The number of carbonyl (C=O) groups is 1. The fraction of sp³-hybridized carbons (Fsp3) is 0.643. The molecule has 0 fully saturated rings. The van der Waals surface area contributed by atoms with Crippen LogP contribution in [0.25, 0.3) is 0 Å². The minimum atomic E-state index is -0.583. The highest BCUT2D eigenvalue weighted by Gasteiger charge is 2.20. The molecular weight excluding hydrogens is 286 g/mol. The Kier molecular flexibility index (Phi) is 6.50. The van der Waals surface area contributed by atoms with Crippen molar-refractivity contribution < 1.29 is 9.72 Å². The molecule has 0 aliphatic heterocycles. The fourth-order valence-corrected chi connectivity index (χ4v) is 1.95. The van der Waals surface area contributed by atoms with Gasteiger partial charge in [0.05, 0.1) is 12.5 Å². The summed E-state index contributed by atoms with van der Waals surface area (Å²) in [6.45, 7) is 6.70. The van der Waals surface area contributed by atoms with Crippen molar-refractivity contribution in [2.75, 3.05) is 13.1 Å². The third-order valence-electron chi connectivity index (χ3n) is 3.28. The Balaban J connectivity index is 2.77. The van der Waals surface area contributed by atoms with E-state index < -0.39 is 4.92 Å². The van der Waals surface area contributed by atoms with Crippen molar-refractivity contribution in [2.24, 2.45) is 5.92 Å². The molecule has 0 unspecified atom stereocenters. The lowest BCUT2D eigenvalue weighted by Gasteiger charge is -2.22. The third kappa shape index (κ3) is 5.16. The second-order valence-corrected chi connectivity index (χ2v) is 5.50. The standard InChI is InChI=1S/C14H21N5O3/c1-11(2)5-8-17(7-4-6-15)14(20)10-18-9-13(19(21)22)16-12(18)3/h9,11H,4-5,7-8,10H2,1-3H3. The highest BCUT2D eigenvalue weighted by molar-refractivity contribution is 5.76. The van der Waals surface area contributed by atoms with Crippen LogP contribution in [0, 0.1) is 34.3 Å². The number of imidazole rings is 1. The number of amides is 1. The summed E-state index contributed by atoms with van der Waals surface area (Å²) in [6.07, 6.45) is 2.38. The van der Waals surface area contributed by atoms with E-state index >= 15 is 0 Å². The zero-order valence-electron chi connectivity index (χ0n) is 13.2. The lowest BCUT2D eigenvalue weighted by Crippen LogP contribution is -2.36. The monoisotopic (exact) mass is 307 g/mol. The molecule has 0 radical (unpaired) electrons. The van der Waals surface area contributed by atoms with E-state index in [1.807, 2.05) is 6.07 Å². The maximum absolute atomic E-state index is 12.4. The predicted octanol–water partition coefficient (Wildman–Crippen LogP) is 1.89. The number of nitriles is 1. The summed E-state index contributed by atoms with van der Waals surface area (Å²) in [5.41, 5.74) is 0. The first-order chi connectivity index (χ1) is 10.3. The van der Waals surface area contributed by atoms with Gasteiger partial charge in [-0.25, -0.2) is 0 Å². The third-order valence-corrected chi connectivity index (χ3v) is 3.28. The largest absolute Gasteiger partial charge is 0.381 e. The lowest BCUT2D eigenvalue weighted by molar-refractivity contribution is -0.389. The molecule has 0 atom stereocenters. The Morgan fingerprint density at radius 3 is 2.73 bits per heavy atom. The molecule has 0 aliphatic rings. The van der Waals surface area contributed by atoms with Crippen LogP contribution in [0.1, 0.15) is 32.5 Å². The number of carbonyl (C=O) groups excluding carboxylic acids is 1. The normalized spacial score (nSPS) is 10.5. The minimum Gasteiger partial charge on any atom is -0.358 e. The van der Waals surface area contributed by atoms with Crippen LogP contribution >= 0.6 is 0 Å². The molecule has 0 spiro atoms. The van der Waals surface area contributed by atoms with Gasteiger partial charge in [0.15, 0.2) is 0 Å². The lowest BCUT2D eigenvalue weighted by atomic mass is 10.1. The maximum atomic E-state index is 12.4. The summed E-state index contributed by atoms with van der Waals surface area (Å²) in [7, 11) is 0. The average Bonchev–Trinajstić information content (AvgIpc) is 2.80. The maximum Gasteiger partial charge on any atom is 0.381 e. The van der Waals surface area contributed by atoms with E-state index in [1.165, 1.54) is 10.8 Å². The van der Waals surface area contributed by atoms with Gasteiger partial charge in [0, 0.05) is 20.0 Å². The van der Waals surface area contributed by atoms with Crippen molar-refractivity contribution >= 4 is 11.7 Å². The summed E-state index contributed by atoms with van der Waals surface area (Å²) >= 11 is 0. The summed E-state index contributed by atoms with van der Waals surface area (Å²) in [5.74, 6) is 0.444. The molecule has 0 bridgehead atoms. The van der Waals surface area contributed by atoms with E-state index in [9.17, 15) is 14.9 Å². The summed E-state index contributed by atoms with van der Waals surface area (Å²) in [6, 6.07) is 2.03. The first-order valence-corrected chi connectivity index (χ1v) is 7.18. The van der Waals surface area contributed by atoms with Crippen molar-refractivity contribution in [2.45, 2.75) is 40.2 Å². The van der Waals surface area contributed by atoms with Crippen LogP contribution in [0.2, 0.25) is 0 Å². The van der Waals surface area contributed by atoms with Gasteiger partial charge in [0.25, 0.3) is 0 Å². The van der Waals surface area contributed by atoms with Gasteiger partial charge < -0.3 is 15.0 Å². The van der Waals surface area contributed by atoms with E-state index in [-0.39, 0.29) is 24.7 Å². The van der Waals surface area contributed by atoms with E-state index in [4.69, 9.17) is 5.26 Å². The second-order valence-electron chi connectivity index (χ2n) is 5.50. The van der Waals surface area contributed by atoms with Gasteiger partial charge in [0.1, 0.15) is 12.7 Å². The molecule has 0 saturated heterocycles. The molecule has 8 heteroatoms. The molecule has 1 amide bonds. The van der Waals surface area contributed by atoms with E-state index in [0.29, 0.717) is 24.8 Å². The van der Waals surface area contributed by atoms with Crippen LogP contribution in [0.15, 0.2) is 6.20 Å². The zero-order chi connectivity index (χ0) is 16.7. The molecule has 0 aliphatic carbocycles. The number of nitro groups is 1. The number of rotatable bonds is 8. The fourth-order valence-electron chi connectivity index (χ4n) is 1.95. The van der Waals surface area contributed by atoms with Gasteiger partial charge in [0.2, 0.25) is 11.7 Å². The first kappa shape index (κ1) is 17.6. The molecule has 1 aromatic rings. The van der Waals surface area contributed by atoms with E-state index in [1.54, 1.807) is 11.8 Å². The molecule has 22 heavy (non-hydrogen) atoms. The summed E-state index contributed by atoms with van der Waals surface area (Å²) in [4.78, 5) is 27.9. The number of nitrogens with zero attached hydrogens (tertiary/aromatic N) is 5. The molecule has 1 aromatic heterocycles. The first-order valence-electron chi connectivity index (χ1n) is 7.18. The Morgan fingerprint density at radius 1 is 1.55 bits per heavy atom. The average molecular weight is 307 g/mol. The van der Waals surface area contributed by atoms with Crippen molar-refractivity contribution in [3.05, 3.63) is 22.1 Å². The molecule has 1 heterocycles. The van der Waals surface area contributed by atoms with Crippen LogP contribution in [0.5, 0.6) is 0 Å². The van der Waals surface area contributed by atoms with Crippen LogP contribution in [0.4, 0.5) is 5.82 Å². The highest BCUT2D eigenvalue weighted by Crippen LogP contribution is 2.11. The van der Waals surface area contributed by atoms with Gasteiger partial charge in [-0.15, -0.1) is 0 Å². The summed E-state index contributed by atoms with van der Waals surface area (Å²) < 4.78 is 1.47. The predicted molar refractivity (Wildman–Crippen MR) is 79.9 cm³/mol. The van der Waals surface area contributed by atoms with Gasteiger partial charge >= 0.3 is 5.82 Å². The van der Waals surface area contributed by atoms with Crippen molar-refractivity contribution in [3.8, 4) is 6.07 Å². The minimum absolute atomic E-state index is 0.00377. The van der Waals surface area contributed by atoms with Crippen LogP contribution in [0.3, 0.4) is 0 Å². The molecule has 0 saturated carbocycles. The smallest absolute Gasteiger partial charge is 0.358 e. The molecule has 1 rings (SSSR count). The van der Waals surface area contributed by atoms with Crippen LogP contribution in [-0.2, 0) is 11.3 Å². The SMILES string of the molecule is Cc1nc([N+](=O)[O-])cn1CC(=O)N(CCC#N)CCC(C)C. The van der Waals surface area contributed by atoms with Gasteiger partial charge in [-0.2, -0.15) is 5.26 Å². The topological polar surface area (TPSA) is 105 Å². The van der Waals surface area contributed by atoms with Crippen molar-refractivity contribution in [1.29, 1.82) is 5.26 Å². The molecule has 0 aromatic carbocycles. The Bertz CT molecular complexity index is 574. The Labute approximate surface area is 129 Å². The molecule has 120 valence electrons. The molecular formula is C14H21N5O3. The van der Waals surface area contributed by atoms with Gasteiger partial charge in [-0.05, 0) is 22.2 Å². The Hall–Kier alpha value is -2.43. The second kappa shape index (κ2) is 8.12. The van der Waals surface area contributed by atoms with Crippen molar-refractivity contribution in [3.63, 3.8) is 0 Å². The van der Waals surface area contributed by atoms with E-state index in [2.05, 4.69) is 18.8 Å². The molecule has 8 nitrogen and oxygen atoms in total. The number of aromatic nitrogens is 2. The van der Waals surface area contributed by atoms with E-state index in [0.717, 1.165) is 6.42 Å². The zero-order valence-corrected chi connectivity index (χ0v) is 13.2. The van der Waals surface area contributed by atoms with Gasteiger partial charge in [-0.1, -0.05) is 13.8 Å².